The molecule has 0 radical (unpaired) electrons. The number of nitrogens with two attached hydrogens (primary N) is 1. The Balaban J connectivity index is 1.76. The number of aliphatic hydroxyl groups is 1. The highest BCUT2D eigenvalue weighted by Gasteiger charge is 2.25. The van der Waals surface area contributed by atoms with Crippen molar-refractivity contribution in [1.82, 2.24) is 5.32 Å². The molecule has 0 aromatic heterocycles. The average Bonchev–Trinajstić information content (AvgIpc) is 2.95. The molecule has 3 atom stereocenters. The van der Waals surface area contributed by atoms with Crippen LogP contribution in [0.2, 0.25) is 0 Å². The highest BCUT2D eigenvalue weighted by Crippen LogP contribution is 2.30. The third-order valence-corrected chi connectivity index (χ3v) is 7.43. The Hall–Kier alpha value is -3.13. The highest BCUT2D eigenvalue weighted by molar-refractivity contribution is 5.89. The first-order chi connectivity index (χ1) is 19.7. The lowest BCUT2D eigenvalue weighted by atomic mass is 9.88. The molecule has 4 N–H and O–H groups in total. The largest absolute Gasteiger partial charge is 0.456 e. The molecule has 7 heteroatoms. The number of ether oxygens (including phenoxy) is 1. The third kappa shape index (κ3) is 10.0. The van der Waals surface area contributed by atoms with Crippen LogP contribution in [0, 0.1) is 17.6 Å². The molecule has 41 heavy (non-hydrogen) atoms. The monoisotopic (exact) mass is 566 g/mol. The zero-order valence-corrected chi connectivity index (χ0v) is 24.4. The fraction of sp³-hybridized carbons (Fsp3) is 0.441. The number of aryl methyl sites for hydroxylation is 1. The smallest absolute Gasteiger partial charge is 0.338 e. The van der Waals surface area contributed by atoms with E-state index in [1.807, 2.05) is 18.2 Å². The lowest BCUT2D eigenvalue weighted by Gasteiger charge is -2.26. The van der Waals surface area contributed by atoms with Crippen molar-refractivity contribution in [2.75, 3.05) is 6.54 Å². The predicted molar refractivity (Wildman–Crippen MR) is 159 cm³/mol. The molecule has 0 amide bonds. The van der Waals surface area contributed by atoms with E-state index in [9.17, 15) is 18.7 Å². The number of hydrogen-bond donors (Lipinski definition) is 3. The Morgan fingerprint density at radius 3 is 2.22 bits per heavy atom. The molecule has 0 fully saturated rings. The first-order valence-corrected chi connectivity index (χ1v) is 14.7. The molecule has 3 rings (SSSR count). The van der Waals surface area contributed by atoms with Gasteiger partial charge >= 0.3 is 5.97 Å². The van der Waals surface area contributed by atoms with Gasteiger partial charge in [-0.15, -0.1) is 0 Å². The van der Waals surface area contributed by atoms with Crippen molar-refractivity contribution in [3.05, 3.63) is 106 Å². The summed E-state index contributed by atoms with van der Waals surface area (Å²) in [6.07, 6.45) is 3.32. The van der Waals surface area contributed by atoms with Crippen LogP contribution < -0.4 is 11.1 Å². The summed E-state index contributed by atoms with van der Waals surface area (Å²) in [5, 5.41) is 14.4. The van der Waals surface area contributed by atoms with Gasteiger partial charge in [0.15, 0.2) is 0 Å². The minimum absolute atomic E-state index is 0.111. The molecule has 3 aromatic carbocycles. The number of rotatable bonds is 16. The quantitative estimate of drug-likeness (QED) is 0.169. The molecule has 222 valence electrons. The van der Waals surface area contributed by atoms with Gasteiger partial charge in [0.05, 0.1) is 11.7 Å². The minimum atomic E-state index is -0.773. The Labute approximate surface area is 243 Å². The summed E-state index contributed by atoms with van der Waals surface area (Å²) in [6.45, 7) is 7.08. The van der Waals surface area contributed by atoms with E-state index in [1.54, 1.807) is 18.2 Å². The van der Waals surface area contributed by atoms with Crippen LogP contribution in [0.4, 0.5) is 8.78 Å². The normalized spacial score (nSPS) is 13.7. The Morgan fingerprint density at radius 1 is 0.902 bits per heavy atom. The SMILES string of the molecule is CCCC(CCC)C(O)c1cccc(C(=O)OC(CNCc2cccc(CC)c2)C(N)Cc2cc(F)cc(F)c2)c1. The van der Waals surface area contributed by atoms with Gasteiger partial charge in [0, 0.05) is 25.2 Å². The van der Waals surface area contributed by atoms with E-state index in [2.05, 4.69) is 38.2 Å². The van der Waals surface area contributed by atoms with E-state index >= 15 is 0 Å². The van der Waals surface area contributed by atoms with Crippen molar-refractivity contribution in [3.8, 4) is 0 Å². The zero-order chi connectivity index (χ0) is 29.8. The first-order valence-electron chi connectivity index (χ1n) is 14.7. The van der Waals surface area contributed by atoms with Crippen LogP contribution in [0.5, 0.6) is 0 Å². The molecule has 0 saturated heterocycles. The van der Waals surface area contributed by atoms with E-state index in [1.165, 1.54) is 17.7 Å². The van der Waals surface area contributed by atoms with E-state index in [0.29, 0.717) is 23.2 Å². The fourth-order valence-corrected chi connectivity index (χ4v) is 5.26. The van der Waals surface area contributed by atoms with Gasteiger partial charge in [-0.1, -0.05) is 70.0 Å². The van der Waals surface area contributed by atoms with Crippen LogP contribution in [0.15, 0.2) is 66.7 Å². The Morgan fingerprint density at radius 2 is 1.56 bits per heavy atom. The molecule has 0 aliphatic rings. The van der Waals surface area contributed by atoms with Gasteiger partial charge in [0.1, 0.15) is 17.7 Å². The molecule has 0 bridgehead atoms. The molecule has 3 aromatic rings. The first kappa shape index (κ1) is 32.4. The van der Waals surface area contributed by atoms with Crippen LogP contribution >= 0.6 is 0 Å². The number of hydrogen-bond acceptors (Lipinski definition) is 5. The number of halogens is 2. The predicted octanol–water partition coefficient (Wildman–Crippen LogP) is 6.66. The number of esters is 1. The van der Waals surface area contributed by atoms with Gasteiger partial charge in [-0.3, -0.25) is 0 Å². The topological polar surface area (TPSA) is 84.6 Å². The second-order valence-electron chi connectivity index (χ2n) is 10.8. The maximum Gasteiger partial charge on any atom is 0.338 e. The van der Waals surface area contributed by atoms with Gasteiger partial charge in [-0.2, -0.15) is 0 Å². The van der Waals surface area contributed by atoms with Crippen LogP contribution in [0.1, 0.15) is 85.2 Å². The maximum absolute atomic E-state index is 13.8. The summed E-state index contributed by atoms with van der Waals surface area (Å²) < 4.78 is 33.5. The number of nitrogens with one attached hydrogen (secondary N) is 1. The summed E-state index contributed by atoms with van der Waals surface area (Å²) in [4.78, 5) is 13.3. The van der Waals surface area contributed by atoms with Crippen LogP contribution in [0.25, 0.3) is 0 Å². The number of carbonyl (C=O) groups is 1. The fourth-order valence-electron chi connectivity index (χ4n) is 5.26. The van der Waals surface area contributed by atoms with Gasteiger partial charge < -0.3 is 20.9 Å². The zero-order valence-electron chi connectivity index (χ0n) is 24.4. The summed E-state index contributed by atoms with van der Waals surface area (Å²) in [6, 6.07) is 17.7. The molecule has 0 aliphatic heterocycles. The summed E-state index contributed by atoms with van der Waals surface area (Å²) in [7, 11) is 0. The summed E-state index contributed by atoms with van der Waals surface area (Å²) in [5.74, 6) is -1.83. The van der Waals surface area contributed by atoms with E-state index in [-0.39, 0.29) is 18.9 Å². The van der Waals surface area contributed by atoms with E-state index < -0.39 is 35.9 Å². The number of benzene rings is 3. The lowest BCUT2D eigenvalue weighted by molar-refractivity contribution is 0.0237. The molecular weight excluding hydrogens is 522 g/mol. The second-order valence-corrected chi connectivity index (χ2v) is 10.8. The third-order valence-electron chi connectivity index (χ3n) is 7.43. The average molecular weight is 567 g/mol. The van der Waals surface area contributed by atoms with Gasteiger partial charge in [0.2, 0.25) is 0 Å². The highest BCUT2D eigenvalue weighted by atomic mass is 19.1. The molecule has 0 aliphatic carbocycles. The Kier molecular flexibility index (Phi) is 12.9. The minimum Gasteiger partial charge on any atom is -0.456 e. The van der Waals surface area contributed by atoms with Crippen molar-refractivity contribution in [2.24, 2.45) is 11.7 Å². The molecule has 3 unspecified atom stereocenters. The Bertz CT molecular complexity index is 1230. The standard InChI is InChI=1S/C34H44F2N2O3/c1-4-9-26(10-5-2)33(39)27-13-8-14-28(19-27)34(40)41-32(22-38-21-24-12-7-11-23(6-3)15-24)31(37)18-25-16-29(35)20-30(36)17-25/h7-8,11-17,19-20,26,31-33,38-39H,4-6,9-10,18,21-22,37H2,1-3H3. The lowest BCUT2D eigenvalue weighted by Crippen LogP contribution is -2.46. The van der Waals surface area contributed by atoms with Gasteiger partial charge in [-0.05, 0) is 78.1 Å². The van der Waals surface area contributed by atoms with E-state index in [0.717, 1.165) is 43.7 Å². The second kappa shape index (κ2) is 16.3. The van der Waals surface area contributed by atoms with Gasteiger partial charge in [-0.25, -0.2) is 13.6 Å². The van der Waals surface area contributed by atoms with Crippen molar-refractivity contribution in [2.45, 2.75) is 84.1 Å². The van der Waals surface area contributed by atoms with Crippen molar-refractivity contribution >= 4 is 5.97 Å². The van der Waals surface area contributed by atoms with Crippen molar-refractivity contribution in [1.29, 1.82) is 0 Å². The molecule has 5 nitrogen and oxygen atoms in total. The molecule has 0 heterocycles. The van der Waals surface area contributed by atoms with Crippen LogP contribution in [-0.4, -0.2) is 29.8 Å². The number of carbonyl (C=O) groups excluding carboxylic acids is 1. The van der Waals surface area contributed by atoms with Gasteiger partial charge in [0.25, 0.3) is 0 Å². The van der Waals surface area contributed by atoms with Crippen LogP contribution in [0.3, 0.4) is 0 Å². The van der Waals surface area contributed by atoms with Crippen molar-refractivity contribution < 1.29 is 23.4 Å². The molecular formula is C34H44F2N2O3. The van der Waals surface area contributed by atoms with Crippen LogP contribution in [-0.2, 0) is 24.1 Å². The van der Waals surface area contributed by atoms with Crippen molar-refractivity contribution in [3.63, 3.8) is 0 Å². The molecule has 0 spiro atoms. The summed E-state index contributed by atoms with van der Waals surface area (Å²) in [5.41, 5.74) is 10.2. The number of aliphatic hydroxyl groups excluding tert-OH is 1. The summed E-state index contributed by atoms with van der Waals surface area (Å²) >= 11 is 0. The molecule has 0 saturated carbocycles. The maximum atomic E-state index is 13.8. The van der Waals surface area contributed by atoms with E-state index in [4.69, 9.17) is 10.5 Å².